The highest BCUT2D eigenvalue weighted by molar-refractivity contribution is 7.99. The minimum atomic E-state index is 0.555. The van der Waals surface area contributed by atoms with Crippen molar-refractivity contribution in [1.29, 1.82) is 0 Å². The molecule has 4 nitrogen and oxygen atoms in total. The number of hydrogen-bond donors (Lipinski definition) is 0. The van der Waals surface area contributed by atoms with Gasteiger partial charge in [0.1, 0.15) is 11.3 Å². The summed E-state index contributed by atoms with van der Waals surface area (Å²) in [5, 5.41) is 4.62. The van der Waals surface area contributed by atoms with E-state index in [1.807, 2.05) is 11.7 Å². The zero-order valence-electron chi connectivity index (χ0n) is 12.1. The van der Waals surface area contributed by atoms with Crippen LogP contribution >= 0.6 is 23.4 Å². The van der Waals surface area contributed by atoms with E-state index in [0.717, 1.165) is 29.9 Å². The fourth-order valence-electron chi connectivity index (χ4n) is 3.07. The second-order valence-corrected chi connectivity index (χ2v) is 6.88. The Balaban J connectivity index is 2.14. The Morgan fingerprint density at radius 3 is 2.75 bits per heavy atom. The van der Waals surface area contributed by atoms with Crippen LogP contribution in [0.15, 0.2) is 0 Å². The monoisotopic (exact) mass is 312 g/mol. The first-order chi connectivity index (χ1) is 9.76. The Morgan fingerprint density at radius 2 is 2.10 bits per heavy atom. The van der Waals surface area contributed by atoms with Crippen molar-refractivity contribution in [2.45, 2.75) is 38.6 Å². The van der Waals surface area contributed by atoms with Crippen molar-refractivity contribution < 1.29 is 0 Å². The van der Waals surface area contributed by atoms with Crippen LogP contribution in [0.5, 0.6) is 0 Å². The molecule has 1 fully saturated rings. The highest BCUT2D eigenvalue weighted by Crippen LogP contribution is 2.32. The first-order valence-electron chi connectivity index (χ1n) is 7.32. The second kappa shape index (κ2) is 5.98. The van der Waals surface area contributed by atoms with E-state index < -0.39 is 0 Å². The Labute approximate surface area is 128 Å². The summed E-state index contributed by atoms with van der Waals surface area (Å²) in [5.74, 6) is 4.24. The van der Waals surface area contributed by atoms with Gasteiger partial charge in [-0.25, -0.2) is 4.98 Å². The van der Waals surface area contributed by atoms with Gasteiger partial charge in [0.15, 0.2) is 5.65 Å². The summed E-state index contributed by atoms with van der Waals surface area (Å²) in [6, 6.07) is 0.555. The standard InChI is InChI=1S/C14H21ClN4S/c1-3-11-13-14(18(2)17-11)19(12(16-13)4-7-15)10-5-8-20-9-6-10/h10H,3-9H2,1-2H3. The van der Waals surface area contributed by atoms with Crippen LogP contribution in [0.2, 0.25) is 0 Å². The van der Waals surface area contributed by atoms with Crippen molar-refractivity contribution in [1.82, 2.24) is 19.3 Å². The van der Waals surface area contributed by atoms with Crippen LogP contribution in [0.25, 0.3) is 11.2 Å². The van der Waals surface area contributed by atoms with Crippen molar-refractivity contribution in [2.24, 2.45) is 7.05 Å². The summed E-state index contributed by atoms with van der Waals surface area (Å²) in [5.41, 5.74) is 3.36. The summed E-state index contributed by atoms with van der Waals surface area (Å²) >= 11 is 8.03. The first-order valence-corrected chi connectivity index (χ1v) is 9.01. The Kier molecular flexibility index (Phi) is 4.26. The molecular formula is C14H21ClN4S. The van der Waals surface area contributed by atoms with Gasteiger partial charge in [0.05, 0.1) is 5.69 Å². The van der Waals surface area contributed by atoms with Gasteiger partial charge in [-0.3, -0.25) is 4.68 Å². The number of aryl methyl sites for hydroxylation is 3. The molecule has 0 aromatic carbocycles. The predicted octanol–water partition coefficient (Wildman–Crippen LogP) is 3.18. The number of fused-ring (bicyclic) bond motifs is 1. The van der Waals surface area contributed by atoms with Gasteiger partial charge in [-0.1, -0.05) is 6.92 Å². The van der Waals surface area contributed by atoms with Crippen LogP contribution < -0.4 is 0 Å². The molecule has 6 heteroatoms. The van der Waals surface area contributed by atoms with E-state index in [1.165, 1.54) is 30.0 Å². The van der Waals surface area contributed by atoms with Gasteiger partial charge in [0.2, 0.25) is 0 Å². The lowest BCUT2D eigenvalue weighted by molar-refractivity contribution is 0.458. The number of nitrogens with zero attached hydrogens (tertiary/aromatic N) is 4. The molecule has 20 heavy (non-hydrogen) atoms. The zero-order chi connectivity index (χ0) is 14.1. The molecule has 3 heterocycles. The van der Waals surface area contributed by atoms with E-state index in [0.29, 0.717) is 11.9 Å². The molecule has 1 saturated heterocycles. The van der Waals surface area contributed by atoms with E-state index in [9.17, 15) is 0 Å². The van der Waals surface area contributed by atoms with Crippen LogP contribution in [0.1, 0.15) is 37.3 Å². The summed E-state index contributed by atoms with van der Waals surface area (Å²) in [7, 11) is 2.03. The highest BCUT2D eigenvalue weighted by Gasteiger charge is 2.25. The maximum atomic E-state index is 5.98. The molecule has 1 aliphatic heterocycles. The lowest BCUT2D eigenvalue weighted by atomic mass is 10.1. The van der Waals surface area contributed by atoms with E-state index in [2.05, 4.69) is 28.4 Å². The van der Waals surface area contributed by atoms with Crippen LogP contribution in [0, 0.1) is 0 Å². The van der Waals surface area contributed by atoms with Crippen LogP contribution in [-0.4, -0.2) is 36.7 Å². The van der Waals surface area contributed by atoms with Gasteiger partial charge in [-0.05, 0) is 30.8 Å². The number of aromatic nitrogens is 4. The molecule has 0 radical (unpaired) electrons. The third kappa shape index (κ3) is 2.35. The molecule has 0 spiro atoms. The molecule has 1 aliphatic rings. The number of thioether (sulfide) groups is 1. The predicted molar refractivity (Wildman–Crippen MR) is 85.9 cm³/mol. The van der Waals surface area contributed by atoms with Crippen LogP contribution in [-0.2, 0) is 19.9 Å². The van der Waals surface area contributed by atoms with E-state index in [1.54, 1.807) is 0 Å². The molecule has 2 aromatic rings. The molecular weight excluding hydrogens is 292 g/mol. The van der Waals surface area contributed by atoms with Crippen molar-refractivity contribution in [3.05, 3.63) is 11.5 Å². The third-order valence-electron chi connectivity index (χ3n) is 4.02. The normalized spacial score (nSPS) is 17.1. The molecule has 3 rings (SSSR count). The summed E-state index contributed by atoms with van der Waals surface area (Å²) in [4.78, 5) is 4.86. The Hall–Kier alpha value is -0.680. The number of halogens is 1. The van der Waals surface area contributed by atoms with Crippen LogP contribution in [0.4, 0.5) is 0 Å². The summed E-state index contributed by atoms with van der Waals surface area (Å²) in [6.45, 7) is 2.14. The lowest BCUT2D eigenvalue weighted by Gasteiger charge is -2.25. The van der Waals surface area contributed by atoms with Gasteiger partial charge in [0.25, 0.3) is 0 Å². The third-order valence-corrected chi connectivity index (χ3v) is 5.26. The highest BCUT2D eigenvalue weighted by atomic mass is 35.5. The van der Waals surface area contributed by atoms with Crippen molar-refractivity contribution >= 4 is 34.5 Å². The maximum Gasteiger partial charge on any atom is 0.158 e. The molecule has 2 aromatic heterocycles. The van der Waals surface area contributed by atoms with Gasteiger partial charge < -0.3 is 4.57 Å². The van der Waals surface area contributed by atoms with Crippen molar-refractivity contribution in [3.63, 3.8) is 0 Å². The SMILES string of the molecule is CCc1nn(C)c2c1nc(CCCl)n2C1CCSCC1. The van der Waals surface area contributed by atoms with Gasteiger partial charge >= 0.3 is 0 Å². The fraction of sp³-hybridized carbons (Fsp3) is 0.714. The molecule has 0 N–H and O–H groups in total. The van der Waals surface area contributed by atoms with Crippen LogP contribution in [0.3, 0.4) is 0 Å². The Morgan fingerprint density at radius 1 is 1.35 bits per heavy atom. The maximum absolute atomic E-state index is 5.98. The van der Waals surface area contributed by atoms with E-state index >= 15 is 0 Å². The fourth-order valence-corrected chi connectivity index (χ4v) is 4.32. The lowest BCUT2D eigenvalue weighted by Crippen LogP contribution is -2.19. The van der Waals surface area contributed by atoms with Crippen molar-refractivity contribution in [3.8, 4) is 0 Å². The van der Waals surface area contributed by atoms with Crippen molar-refractivity contribution in [2.75, 3.05) is 17.4 Å². The topological polar surface area (TPSA) is 35.6 Å². The van der Waals surface area contributed by atoms with E-state index in [-0.39, 0.29) is 0 Å². The summed E-state index contributed by atoms with van der Waals surface area (Å²) < 4.78 is 4.42. The zero-order valence-corrected chi connectivity index (χ0v) is 13.7. The van der Waals surface area contributed by atoms with Gasteiger partial charge in [-0.15, -0.1) is 11.6 Å². The minimum Gasteiger partial charge on any atom is -0.310 e. The summed E-state index contributed by atoms with van der Waals surface area (Å²) in [6.07, 6.45) is 4.20. The minimum absolute atomic E-state index is 0.555. The molecule has 0 saturated carbocycles. The number of imidazole rings is 1. The first kappa shape index (κ1) is 14.3. The molecule has 0 amide bonds. The number of hydrogen-bond acceptors (Lipinski definition) is 3. The second-order valence-electron chi connectivity index (χ2n) is 5.28. The molecule has 0 unspecified atom stereocenters. The van der Waals surface area contributed by atoms with Gasteiger partial charge in [-0.2, -0.15) is 16.9 Å². The largest absolute Gasteiger partial charge is 0.310 e. The number of alkyl halides is 1. The molecule has 0 aliphatic carbocycles. The molecule has 0 atom stereocenters. The number of rotatable bonds is 4. The molecule has 0 bridgehead atoms. The van der Waals surface area contributed by atoms with Gasteiger partial charge in [0, 0.05) is 25.4 Å². The quantitative estimate of drug-likeness (QED) is 0.813. The van der Waals surface area contributed by atoms with E-state index in [4.69, 9.17) is 16.6 Å². The smallest absolute Gasteiger partial charge is 0.158 e. The Bertz CT molecular complexity index is 598. The molecule has 110 valence electrons. The average molecular weight is 313 g/mol. The average Bonchev–Trinajstić information content (AvgIpc) is 2.98.